The largest absolute Gasteiger partial charge is 0.493 e. The van der Waals surface area contributed by atoms with Crippen LogP contribution < -0.4 is 14.8 Å². The lowest BCUT2D eigenvalue weighted by molar-refractivity contribution is 0.0952. The summed E-state index contributed by atoms with van der Waals surface area (Å²) in [4.78, 5) is 20.2. The lowest BCUT2D eigenvalue weighted by Crippen LogP contribution is -2.24. The average molecular weight is 365 g/mol. The van der Waals surface area contributed by atoms with E-state index in [-0.39, 0.29) is 5.91 Å². The van der Waals surface area contributed by atoms with E-state index in [1.807, 2.05) is 24.3 Å². The summed E-state index contributed by atoms with van der Waals surface area (Å²) in [6, 6.07) is 13.0. The van der Waals surface area contributed by atoms with Gasteiger partial charge in [0.05, 0.1) is 18.1 Å². The number of aryl methyl sites for hydroxylation is 1. The van der Waals surface area contributed by atoms with Crippen LogP contribution in [0.25, 0.3) is 11.0 Å². The average Bonchev–Trinajstić information content (AvgIpc) is 3.12. The van der Waals surface area contributed by atoms with E-state index in [9.17, 15) is 4.79 Å². The van der Waals surface area contributed by atoms with Crippen LogP contribution in [0, 0.1) is 0 Å². The first-order chi connectivity index (χ1) is 13.2. The third-order valence-corrected chi connectivity index (χ3v) is 4.10. The fourth-order valence-corrected chi connectivity index (χ4v) is 2.76. The van der Waals surface area contributed by atoms with Crippen LogP contribution in [0.4, 0.5) is 0 Å². The second-order valence-corrected chi connectivity index (χ2v) is 6.03. The van der Waals surface area contributed by atoms with E-state index in [2.05, 4.69) is 21.9 Å². The number of carbonyl (C=O) groups is 1. The number of aromatic nitrogens is 2. The molecule has 0 aliphatic carbocycles. The molecule has 2 N–H and O–H groups in total. The number of rotatable bonds is 9. The van der Waals surface area contributed by atoms with Gasteiger partial charge in [-0.3, -0.25) is 4.79 Å². The van der Waals surface area contributed by atoms with E-state index < -0.39 is 0 Å². The van der Waals surface area contributed by atoms with Crippen LogP contribution in [-0.2, 0) is 6.42 Å². The Labute approximate surface area is 158 Å². The van der Waals surface area contributed by atoms with Gasteiger partial charge in [0.15, 0.2) is 11.5 Å². The maximum atomic E-state index is 12.3. The van der Waals surface area contributed by atoms with Crippen molar-refractivity contribution in [1.82, 2.24) is 15.3 Å². The highest BCUT2D eigenvalue weighted by Crippen LogP contribution is 2.28. The second-order valence-electron chi connectivity index (χ2n) is 6.03. The molecule has 27 heavy (non-hydrogen) atoms. The number of methoxy groups -OCH3 is 1. The number of para-hydroxylation sites is 2. The molecule has 0 aliphatic rings. The van der Waals surface area contributed by atoms with Crippen molar-refractivity contribution < 1.29 is 14.3 Å². The number of amides is 1. The molecule has 0 unspecified atom stereocenters. The van der Waals surface area contributed by atoms with Crippen LogP contribution >= 0.6 is 0 Å². The topological polar surface area (TPSA) is 76.2 Å². The molecule has 0 saturated carbocycles. The molecule has 2 aromatic carbocycles. The second kappa shape index (κ2) is 8.89. The predicted octanol–water partition coefficient (Wildman–Crippen LogP) is 3.50. The molecule has 1 heterocycles. The highest BCUT2D eigenvalue weighted by Gasteiger charge is 2.11. The maximum absolute atomic E-state index is 12.3. The number of aromatic amines is 1. The zero-order valence-corrected chi connectivity index (χ0v) is 15.3. The standard InChI is InChI=1S/C21H23N3O3/c1-3-13-27-18-11-10-15(14-19(18)26-2)21(25)22-12-6-9-20-23-16-7-4-5-8-17(16)24-20/h3-5,7-8,10-11,14H,1,6,9,12-13H2,2H3,(H,22,25)(H,23,24). The first kappa shape index (κ1) is 18.5. The van der Waals surface area contributed by atoms with Gasteiger partial charge in [-0.05, 0) is 36.8 Å². The molecule has 0 saturated heterocycles. The third kappa shape index (κ3) is 4.67. The summed E-state index contributed by atoms with van der Waals surface area (Å²) in [5.74, 6) is 1.88. The lowest BCUT2D eigenvalue weighted by Gasteiger charge is -2.11. The number of imidazole rings is 1. The fraction of sp³-hybridized carbons (Fsp3) is 0.238. The van der Waals surface area contributed by atoms with Crippen molar-refractivity contribution in [3.63, 3.8) is 0 Å². The number of H-pyrrole nitrogens is 1. The highest BCUT2D eigenvalue weighted by atomic mass is 16.5. The summed E-state index contributed by atoms with van der Waals surface area (Å²) in [6.07, 6.45) is 3.22. The molecule has 6 nitrogen and oxygen atoms in total. The number of hydrogen-bond acceptors (Lipinski definition) is 4. The number of ether oxygens (including phenoxy) is 2. The van der Waals surface area contributed by atoms with E-state index in [4.69, 9.17) is 9.47 Å². The summed E-state index contributed by atoms with van der Waals surface area (Å²) < 4.78 is 10.8. The Balaban J connectivity index is 1.52. The molecule has 3 aromatic rings. The van der Waals surface area contributed by atoms with Gasteiger partial charge in [0.2, 0.25) is 0 Å². The smallest absolute Gasteiger partial charge is 0.251 e. The quantitative estimate of drug-likeness (QED) is 0.449. The number of nitrogens with zero attached hydrogens (tertiary/aromatic N) is 1. The van der Waals surface area contributed by atoms with Crippen LogP contribution in [0.5, 0.6) is 11.5 Å². The summed E-state index contributed by atoms with van der Waals surface area (Å²) in [5.41, 5.74) is 2.52. The molecular formula is C21H23N3O3. The van der Waals surface area contributed by atoms with Gasteiger partial charge < -0.3 is 19.8 Å². The van der Waals surface area contributed by atoms with Gasteiger partial charge in [0, 0.05) is 18.5 Å². The van der Waals surface area contributed by atoms with Crippen molar-refractivity contribution in [2.45, 2.75) is 12.8 Å². The van der Waals surface area contributed by atoms with E-state index in [0.29, 0.717) is 30.2 Å². The predicted molar refractivity (Wildman–Crippen MR) is 105 cm³/mol. The lowest BCUT2D eigenvalue weighted by atomic mass is 10.2. The Bertz CT molecular complexity index is 900. The molecule has 0 atom stereocenters. The van der Waals surface area contributed by atoms with Crippen LogP contribution in [0.15, 0.2) is 55.1 Å². The number of carbonyl (C=O) groups excluding carboxylic acids is 1. The molecule has 0 aliphatic heterocycles. The number of nitrogens with one attached hydrogen (secondary N) is 2. The molecule has 0 bridgehead atoms. The molecule has 0 fully saturated rings. The van der Waals surface area contributed by atoms with Crippen molar-refractivity contribution in [3.05, 3.63) is 66.5 Å². The van der Waals surface area contributed by atoms with Crippen LogP contribution in [0.2, 0.25) is 0 Å². The Kier molecular flexibility index (Phi) is 6.10. The summed E-state index contributed by atoms with van der Waals surface area (Å²) in [6.45, 7) is 4.56. The minimum atomic E-state index is -0.145. The molecule has 1 amide bonds. The van der Waals surface area contributed by atoms with E-state index in [1.165, 1.54) is 0 Å². The van der Waals surface area contributed by atoms with Gasteiger partial charge in [0.1, 0.15) is 12.4 Å². The zero-order valence-electron chi connectivity index (χ0n) is 15.3. The van der Waals surface area contributed by atoms with E-state index >= 15 is 0 Å². The molecule has 3 rings (SSSR count). The fourth-order valence-electron chi connectivity index (χ4n) is 2.76. The number of fused-ring (bicyclic) bond motifs is 1. The normalized spacial score (nSPS) is 10.6. The Hall–Kier alpha value is -3.28. The van der Waals surface area contributed by atoms with Gasteiger partial charge in [-0.25, -0.2) is 4.98 Å². The Morgan fingerprint density at radius 1 is 1.26 bits per heavy atom. The monoisotopic (exact) mass is 365 g/mol. The number of hydrogen-bond donors (Lipinski definition) is 2. The first-order valence-corrected chi connectivity index (χ1v) is 8.85. The maximum Gasteiger partial charge on any atom is 0.251 e. The molecule has 6 heteroatoms. The summed E-state index contributed by atoms with van der Waals surface area (Å²) in [5, 5.41) is 2.92. The molecule has 0 radical (unpaired) electrons. The van der Waals surface area contributed by atoms with Crippen LogP contribution in [-0.4, -0.2) is 36.1 Å². The van der Waals surface area contributed by atoms with Gasteiger partial charge >= 0.3 is 0 Å². The van der Waals surface area contributed by atoms with Crippen LogP contribution in [0.3, 0.4) is 0 Å². The van der Waals surface area contributed by atoms with Gasteiger partial charge in [-0.2, -0.15) is 0 Å². The minimum absolute atomic E-state index is 0.145. The van der Waals surface area contributed by atoms with Gasteiger partial charge in [0.25, 0.3) is 5.91 Å². The molecule has 140 valence electrons. The van der Waals surface area contributed by atoms with Crippen molar-refractivity contribution in [1.29, 1.82) is 0 Å². The van der Waals surface area contributed by atoms with E-state index in [1.54, 1.807) is 31.4 Å². The van der Waals surface area contributed by atoms with Crippen molar-refractivity contribution in [2.75, 3.05) is 20.3 Å². The molecule has 1 aromatic heterocycles. The zero-order chi connectivity index (χ0) is 19.1. The molecule has 0 spiro atoms. The number of benzene rings is 2. The molecular weight excluding hydrogens is 342 g/mol. The van der Waals surface area contributed by atoms with Crippen molar-refractivity contribution in [3.8, 4) is 11.5 Å². The van der Waals surface area contributed by atoms with Gasteiger partial charge in [-0.15, -0.1) is 0 Å². The van der Waals surface area contributed by atoms with E-state index in [0.717, 1.165) is 29.7 Å². The Morgan fingerprint density at radius 3 is 2.89 bits per heavy atom. The summed E-state index contributed by atoms with van der Waals surface area (Å²) >= 11 is 0. The minimum Gasteiger partial charge on any atom is -0.493 e. The van der Waals surface area contributed by atoms with Crippen LogP contribution in [0.1, 0.15) is 22.6 Å². The highest BCUT2D eigenvalue weighted by molar-refractivity contribution is 5.94. The SMILES string of the molecule is C=CCOc1ccc(C(=O)NCCCc2nc3ccccc3[nH]2)cc1OC. The van der Waals surface area contributed by atoms with Crippen molar-refractivity contribution in [2.24, 2.45) is 0 Å². The third-order valence-electron chi connectivity index (χ3n) is 4.10. The van der Waals surface area contributed by atoms with Gasteiger partial charge in [-0.1, -0.05) is 24.8 Å². The van der Waals surface area contributed by atoms with Crippen molar-refractivity contribution >= 4 is 16.9 Å². The summed E-state index contributed by atoms with van der Waals surface area (Å²) in [7, 11) is 1.55. The Morgan fingerprint density at radius 2 is 2.11 bits per heavy atom. The first-order valence-electron chi connectivity index (χ1n) is 8.85.